The summed E-state index contributed by atoms with van der Waals surface area (Å²) in [6.45, 7) is 3.75. The minimum atomic E-state index is -3.11. The summed E-state index contributed by atoms with van der Waals surface area (Å²) in [5.41, 5.74) is 2.95. The van der Waals surface area contributed by atoms with Crippen LogP contribution in [0.2, 0.25) is 5.02 Å². The van der Waals surface area contributed by atoms with Gasteiger partial charge < -0.3 is 9.64 Å². The number of aryl methyl sites for hydroxylation is 2. The van der Waals surface area contributed by atoms with E-state index in [1.165, 1.54) is 11.8 Å². The summed E-state index contributed by atoms with van der Waals surface area (Å²) in [5, 5.41) is 0.971. The van der Waals surface area contributed by atoms with Gasteiger partial charge in [-0.05, 0) is 55.3 Å². The van der Waals surface area contributed by atoms with E-state index < -0.39 is 15.7 Å². The Balaban J connectivity index is 1.59. The molecule has 4 rings (SSSR count). The number of ether oxygens (including phenoxy) is 1. The molecule has 2 saturated heterocycles. The molecular weight excluding hydrogens is 444 g/mol. The fraction of sp³-hybridized carbons (Fsp3) is 0.333. The van der Waals surface area contributed by atoms with E-state index >= 15 is 0 Å². The molecular formula is C21H21ClN2O4S2. The highest BCUT2D eigenvalue weighted by molar-refractivity contribution is 8.16. The number of carbonyl (C=O) groups excluding carboxylic acids is 1. The van der Waals surface area contributed by atoms with Gasteiger partial charge >= 0.3 is 0 Å². The molecule has 2 aromatic rings. The fourth-order valence-corrected chi connectivity index (χ4v) is 7.69. The summed E-state index contributed by atoms with van der Waals surface area (Å²) in [7, 11) is -3.11. The average molecular weight is 465 g/mol. The Hall–Kier alpha value is -2.03. The zero-order valence-corrected chi connectivity index (χ0v) is 18.9. The molecule has 30 heavy (non-hydrogen) atoms. The van der Waals surface area contributed by atoms with Gasteiger partial charge in [0.2, 0.25) is 0 Å². The fourth-order valence-electron chi connectivity index (χ4n) is 3.64. The Labute approximate surface area is 185 Å². The second kappa shape index (κ2) is 8.24. The summed E-state index contributed by atoms with van der Waals surface area (Å²) in [6, 6.07) is 12.5. The van der Waals surface area contributed by atoms with Crippen LogP contribution < -0.4 is 9.64 Å². The monoisotopic (exact) mass is 464 g/mol. The number of anilines is 1. The van der Waals surface area contributed by atoms with Crippen molar-refractivity contribution in [2.75, 3.05) is 23.0 Å². The van der Waals surface area contributed by atoms with Crippen LogP contribution in [0.3, 0.4) is 0 Å². The molecule has 0 spiro atoms. The van der Waals surface area contributed by atoms with Crippen molar-refractivity contribution in [3.8, 4) is 5.75 Å². The molecule has 0 saturated carbocycles. The van der Waals surface area contributed by atoms with Gasteiger partial charge in [0.15, 0.2) is 21.6 Å². The Morgan fingerprint density at radius 3 is 2.67 bits per heavy atom. The van der Waals surface area contributed by atoms with Gasteiger partial charge in [-0.25, -0.2) is 8.42 Å². The Bertz CT molecular complexity index is 1120. The van der Waals surface area contributed by atoms with Crippen molar-refractivity contribution in [1.82, 2.24) is 0 Å². The summed E-state index contributed by atoms with van der Waals surface area (Å²) >= 11 is 7.21. The van der Waals surface area contributed by atoms with E-state index in [4.69, 9.17) is 16.3 Å². The first-order chi connectivity index (χ1) is 14.2. The van der Waals surface area contributed by atoms with Crippen LogP contribution in [0.25, 0.3) is 0 Å². The van der Waals surface area contributed by atoms with E-state index in [0.717, 1.165) is 16.8 Å². The first kappa shape index (κ1) is 21.2. The third-order valence-corrected chi connectivity index (χ3v) is 8.55. The molecule has 2 aliphatic rings. The number of aliphatic imine (C=N–C) groups is 1. The van der Waals surface area contributed by atoms with Crippen LogP contribution in [0, 0.1) is 13.8 Å². The van der Waals surface area contributed by atoms with Crippen LogP contribution in [-0.4, -0.2) is 48.9 Å². The highest BCUT2D eigenvalue weighted by atomic mass is 35.5. The van der Waals surface area contributed by atoms with Crippen LogP contribution in [0.4, 0.5) is 5.69 Å². The number of amides is 1. The second-order valence-corrected chi connectivity index (χ2v) is 11.3. The van der Waals surface area contributed by atoms with Crippen molar-refractivity contribution in [3.63, 3.8) is 0 Å². The number of carbonyl (C=O) groups is 1. The lowest BCUT2D eigenvalue weighted by atomic mass is 10.1. The van der Waals surface area contributed by atoms with Crippen LogP contribution in [-0.2, 0) is 14.6 Å². The second-order valence-electron chi connectivity index (χ2n) is 7.49. The molecule has 2 heterocycles. The van der Waals surface area contributed by atoms with E-state index in [2.05, 4.69) is 4.99 Å². The maximum Gasteiger partial charge on any atom is 0.285 e. The van der Waals surface area contributed by atoms with Gasteiger partial charge in [0.1, 0.15) is 5.75 Å². The van der Waals surface area contributed by atoms with E-state index in [-0.39, 0.29) is 29.4 Å². The van der Waals surface area contributed by atoms with Gasteiger partial charge in [0, 0.05) is 16.0 Å². The van der Waals surface area contributed by atoms with Gasteiger partial charge in [0.25, 0.3) is 5.91 Å². The lowest BCUT2D eigenvalue weighted by molar-refractivity contribution is -0.119. The molecule has 1 amide bonds. The minimum absolute atomic E-state index is 0.0620. The normalized spacial score (nSPS) is 23.6. The zero-order valence-electron chi connectivity index (χ0n) is 16.5. The number of hydrogen-bond acceptors (Lipinski definition) is 5. The van der Waals surface area contributed by atoms with Crippen LogP contribution in [0.15, 0.2) is 47.5 Å². The molecule has 0 unspecified atom stereocenters. The standard InChI is InChI=1S/C21H21ClN2O4S2/c1-13-3-4-14(2)17(9-13)24-18-11-30(26,27)12-19(18)29-21(24)23-20(25)10-28-16-7-5-15(22)6-8-16/h3-9,18-19H,10-12H2,1-2H3/t18-,19+/m0/s1. The molecule has 158 valence electrons. The molecule has 0 bridgehead atoms. The number of fused-ring (bicyclic) bond motifs is 1. The Kier molecular flexibility index (Phi) is 5.83. The number of halogens is 1. The van der Waals surface area contributed by atoms with Crippen LogP contribution in [0.1, 0.15) is 11.1 Å². The van der Waals surface area contributed by atoms with Gasteiger partial charge in [-0.3, -0.25) is 4.79 Å². The number of benzene rings is 2. The van der Waals surface area contributed by atoms with Gasteiger partial charge in [-0.2, -0.15) is 4.99 Å². The molecule has 6 nitrogen and oxygen atoms in total. The molecule has 9 heteroatoms. The molecule has 0 N–H and O–H groups in total. The number of thioether (sulfide) groups is 1. The number of rotatable bonds is 4. The average Bonchev–Trinajstić information content (AvgIpc) is 3.14. The van der Waals surface area contributed by atoms with Gasteiger partial charge in [0.05, 0.1) is 17.5 Å². The third kappa shape index (κ3) is 4.50. The topological polar surface area (TPSA) is 76.0 Å². The SMILES string of the molecule is Cc1ccc(C)c(N2C(=NC(=O)COc3ccc(Cl)cc3)S[C@@H]3CS(=O)(=O)C[C@@H]32)c1. The first-order valence-corrected chi connectivity index (χ1v) is 12.5. The summed E-state index contributed by atoms with van der Waals surface area (Å²) in [6.07, 6.45) is 0. The third-order valence-electron chi connectivity index (χ3n) is 5.09. The van der Waals surface area contributed by atoms with Gasteiger partial charge in [-0.15, -0.1) is 0 Å². The van der Waals surface area contributed by atoms with E-state index in [0.29, 0.717) is 15.9 Å². The van der Waals surface area contributed by atoms with Crippen LogP contribution >= 0.6 is 23.4 Å². The Morgan fingerprint density at radius 1 is 1.20 bits per heavy atom. The quantitative estimate of drug-likeness (QED) is 0.687. The summed E-state index contributed by atoms with van der Waals surface area (Å²) in [4.78, 5) is 18.7. The summed E-state index contributed by atoms with van der Waals surface area (Å²) < 4.78 is 29.9. The number of hydrogen-bond donors (Lipinski definition) is 0. The number of sulfone groups is 1. The lowest BCUT2D eigenvalue weighted by Gasteiger charge is -2.26. The van der Waals surface area contributed by atoms with Crippen molar-refractivity contribution in [2.24, 2.45) is 4.99 Å². The maximum absolute atomic E-state index is 12.5. The lowest BCUT2D eigenvalue weighted by Crippen LogP contribution is -2.38. The van der Waals surface area contributed by atoms with Crippen molar-refractivity contribution in [3.05, 3.63) is 58.6 Å². The maximum atomic E-state index is 12.5. The predicted molar refractivity (Wildman–Crippen MR) is 122 cm³/mol. The molecule has 2 fully saturated rings. The van der Waals surface area contributed by atoms with Crippen molar-refractivity contribution in [1.29, 1.82) is 0 Å². The molecule has 2 atom stereocenters. The largest absolute Gasteiger partial charge is 0.484 e. The van der Waals surface area contributed by atoms with Crippen molar-refractivity contribution < 1.29 is 17.9 Å². The molecule has 0 radical (unpaired) electrons. The summed E-state index contributed by atoms with van der Waals surface area (Å²) in [5.74, 6) is 0.261. The van der Waals surface area contributed by atoms with Crippen molar-refractivity contribution >= 4 is 50.0 Å². The molecule has 2 aromatic carbocycles. The highest BCUT2D eigenvalue weighted by Gasteiger charge is 2.49. The van der Waals surface area contributed by atoms with E-state index in [9.17, 15) is 13.2 Å². The number of amidine groups is 1. The van der Waals surface area contributed by atoms with Crippen LogP contribution in [0.5, 0.6) is 5.75 Å². The zero-order chi connectivity index (χ0) is 21.5. The van der Waals surface area contributed by atoms with E-state index in [1.54, 1.807) is 24.3 Å². The highest BCUT2D eigenvalue weighted by Crippen LogP contribution is 2.42. The van der Waals surface area contributed by atoms with Crippen molar-refractivity contribution in [2.45, 2.75) is 25.1 Å². The van der Waals surface area contributed by atoms with Gasteiger partial charge in [-0.1, -0.05) is 35.5 Å². The molecule has 0 aromatic heterocycles. The molecule has 2 aliphatic heterocycles. The molecule has 0 aliphatic carbocycles. The van der Waals surface area contributed by atoms with E-state index in [1.807, 2.05) is 36.9 Å². The smallest absolute Gasteiger partial charge is 0.285 e. The minimum Gasteiger partial charge on any atom is -0.484 e. The number of nitrogens with zero attached hydrogens (tertiary/aromatic N) is 2. The first-order valence-electron chi connectivity index (χ1n) is 9.45. The Morgan fingerprint density at radius 2 is 1.93 bits per heavy atom. The predicted octanol–water partition coefficient (Wildman–Crippen LogP) is 3.64.